The van der Waals surface area contributed by atoms with Gasteiger partial charge in [0.15, 0.2) is 0 Å². The summed E-state index contributed by atoms with van der Waals surface area (Å²) in [6, 6.07) is 7.97. The minimum absolute atomic E-state index is 0. The van der Waals surface area contributed by atoms with Crippen molar-refractivity contribution < 1.29 is 14.7 Å². The molecule has 0 aliphatic rings. The van der Waals surface area contributed by atoms with Gasteiger partial charge in [0.25, 0.3) is 0 Å². The van der Waals surface area contributed by atoms with E-state index in [1.807, 2.05) is 0 Å². The van der Waals surface area contributed by atoms with Gasteiger partial charge in [-0.15, -0.1) is 0 Å². The van der Waals surface area contributed by atoms with E-state index in [2.05, 4.69) is 0 Å². The van der Waals surface area contributed by atoms with Crippen LogP contribution in [-0.4, -0.2) is 66.1 Å². The Balaban J connectivity index is 0.000001000. The Labute approximate surface area is 108 Å². The SMILES string of the molecule is O[PH](O)(O)c1ccccc1.[KH]. The third-order valence-corrected chi connectivity index (χ3v) is 2.27. The van der Waals surface area contributed by atoms with E-state index < -0.39 is 7.94 Å². The molecular weight excluding hydrogens is 190 g/mol. The molecule has 58 valence electrons. The van der Waals surface area contributed by atoms with E-state index in [0.717, 1.165) is 0 Å². The van der Waals surface area contributed by atoms with E-state index in [0.29, 0.717) is 0 Å². The van der Waals surface area contributed by atoms with Gasteiger partial charge in [-0.1, -0.05) is 0 Å². The molecule has 1 aromatic carbocycles. The van der Waals surface area contributed by atoms with Gasteiger partial charge in [0.05, 0.1) is 0 Å². The summed E-state index contributed by atoms with van der Waals surface area (Å²) < 4.78 is 0. The summed E-state index contributed by atoms with van der Waals surface area (Å²) in [6.45, 7) is 0. The van der Waals surface area contributed by atoms with Crippen molar-refractivity contribution in [3.05, 3.63) is 30.3 Å². The van der Waals surface area contributed by atoms with Crippen molar-refractivity contribution in [2.45, 2.75) is 0 Å². The predicted molar refractivity (Wildman–Crippen MR) is 48.2 cm³/mol. The summed E-state index contributed by atoms with van der Waals surface area (Å²) in [7, 11) is -4.03. The van der Waals surface area contributed by atoms with Crippen LogP contribution in [-0.2, 0) is 0 Å². The number of rotatable bonds is 1. The molecule has 3 N–H and O–H groups in total. The Bertz CT molecular complexity index is 209. The molecule has 0 aromatic heterocycles. The standard InChI is InChI=1S/C6H9O3P.K.H/c7-10(8,9)6-4-2-1-3-5-6;;/h1-5,7-10H;;. The van der Waals surface area contributed by atoms with Gasteiger partial charge >= 0.3 is 110 Å². The van der Waals surface area contributed by atoms with Crippen molar-refractivity contribution in [1.29, 1.82) is 0 Å². The molecule has 0 heterocycles. The fourth-order valence-electron chi connectivity index (χ4n) is 0.662. The molecule has 0 unspecified atom stereocenters. The Morgan fingerprint density at radius 2 is 1.36 bits per heavy atom. The van der Waals surface area contributed by atoms with Gasteiger partial charge in [0, 0.05) is 0 Å². The monoisotopic (exact) mass is 200 g/mol. The molecule has 1 aromatic rings. The fourth-order valence-corrected chi connectivity index (χ4v) is 1.30. The van der Waals surface area contributed by atoms with Crippen LogP contribution >= 0.6 is 7.94 Å². The van der Waals surface area contributed by atoms with Crippen LogP contribution in [0.5, 0.6) is 0 Å². The van der Waals surface area contributed by atoms with Crippen LogP contribution in [0, 0.1) is 0 Å². The molecule has 1 rings (SSSR count). The second-order valence-corrected chi connectivity index (χ2v) is 3.85. The third-order valence-electron chi connectivity index (χ3n) is 1.16. The first kappa shape index (κ1) is 12.2. The van der Waals surface area contributed by atoms with E-state index in [1.165, 1.54) is 12.1 Å². The molecule has 0 radical (unpaired) electrons. The normalized spacial score (nSPS) is 11.9. The average molecular weight is 200 g/mol. The van der Waals surface area contributed by atoms with Crippen molar-refractivity contribution in [3.63, 3.8) is 0 Å². The summed E-state index contributed by atoms with van der Waals surface area (Å²) in [5.74, 6) is 0. The Morgan fingerprint density at radius 1 is 0.909 bits per heavy atom. The molecule has 0 fully saturated rings. The number of hydrogen-bond acceptors (Lipinski definition) is 3. The molecule has 0 bridgehead atoms. The number of benzene rings is 1. The van der Waals surface area contributed by atoms with Crippen LogP contribution < -0.4 is 5.30 Å². The van der Waals surface area contributed by atoms with Gasteiger partial charge in [-0.25, -0.2) is 0 Å². The Hall–Kier alpha value is 1.17. The first-order valence-corrected chi connectivity index (χ1v) is 4.67. The van der Waals surface area contributed by atoms with Crippen LogP contribution in [0.4, 0.5) is 0 Å². The first-order valence-electron chi connectivity index (χ1n) is 2.83. The average Bonchev–Trinajstić information content (AvgIpc) is 1.88. The zero-order valence-corrected chi connectivity index (χ0v) is 6.23. The molecule has 3 nitrogen and oxygen atoms in total. The van der Waals surface area contributed by atoms with Crippen LogP contribution in [0.2, 0.25) is 0 Å². The molecule has 11 heavy (non-hydrogen) atoms. The summed E-state index contributed by atoms with van der Waals surface area (Å²) in [6.07, 6.45) is 0. The van der Waals surface area contributed by atoms with Crippen molar-refractivity contribution in [2.75, 3.05) is 0 Å². The second kappa shape index (κ2) is 5.02. The van der Waals surface area contributed by atoms with Crippen LogP contribution in [0.1, 0.15) is 0 Å². The van der Waals surface area contributed by atoms with E-state index >= 15 is 0 Å². The van der Waals surface area contributed by atoms with E-state index in [9.17, 15) is 0 Å². The quantitative estimate of drug-likeness (QED) is 0.408. The molecule has 0 spiro atoms. The molecule has 0 aliphatic heterocycles. The summed E-state index contributed by atoms with van der Waals surface area (Å²) >= 11 is 0. The summed E-state index contributed by atoms with van der Waals surface area (Å²) in [5, 5.41) is 0.204. The van der Waals surface area contributed by atoms with Crippen LogP contribution in [0.3, 0.4) is 0 Å². The molecule has 0 saturated carbocycles. The summed E-state index contributed by atoms with van der Waals surface area (Å²) in [5.41, 5.74) is 0. The van der Waals surface area contributed by atoms with E-state index in [1.54, 1.807) is 18.2 Å². The second-order valence-electron chi connectivity index (χ2n) is 2.00. The van der Waals surface area contributed by atoms with Gasteiger partial charge in [-0.3, -0.25) is 0 Å². The molecular formula is C6H10KO3P. The van der Waals surface area contributed by atoms with Crippen molar-refractivity contribution in [1.82, 2.24) is 0 Å². The van der Waals surface area contributed by atoms with Crippen LogP contribution in [0.15, 0.2) is 30.3 Å². The molecule has 0 saturated heterocycles. The van der Waals surface area contributed by atoms with Gasteiger partial charge in [-0.05, 0) is 0 Å². The van der Waals surface area contributed by atoms with Gasteiger partial charge < -0.3 is 0 Å². The fraction of sp³-hybridized carbons (Fsp3) is 0. The molecule has 0 aliphatic carbocycles. The topological polar surface area (TPSA) is 60.7 Å². The van der Waals surface area contributed by atoms with Crippen molar-refractivity contribution >= 4 is 64.6 Å². The van der Waals surface area contributed by atoms with E-state index in [-0.39, 0.29) is 56.7 Å². The van der Waals surface area contributed by atoms with Crippen molar-refractivity contribution in [3.8, 4) is 0 Å². The predicted octanol–water partition coefficient (Wildman–Crippen LogP) is -0.865. The molecule has 5 heteroatoms. The van der Waals surface area contributed by atoms with Crippen molar-refractivity contribution in [2.24, 2.45) is 0 Å². The zero-order chi connectivity index (χ0) is 7.61. The first-order chi connectivity index (χ1) is 4.61. The third kappa shape index (κ3) is 4.08. The minimum atomic E-state index is -4.03. The maximum absolute atomic E-state index is 8.74. The number of hydrogen-bond donors (Lipinski definition) is 3. The Kier molecular flexibility index (Phi) is 5.55. The summed E-state index contributed by atoms with van der Waals surface area (Å²) in [4.78, 5) is 26.2. The molecule has 0 atom stereocenters. The Morgan fingerprint density at radius 3 is 1.64 bits per heavy atom. The van der Waals surface area contributed by atoms with Gasteiger partial charge in [-0.2, -0.15) is 0 Å². The van der Waals surface area contributed by atoms with Gasteiger partial charge in [0.1, 0.15) is 0 Å². The van der Waals surface area contributed by atoms with Crippen LogP contribution in [0.25, 0.3) is 0 Å². The van der Waals surface area contributed by atoms with E-state index in [4.69, 9.17) is 14.7 Å². The maximum atomic E-state index is 8.74. The van der Waals surface area contributed by atoms with Gasteiger partial charge in [0.2, 0.25) is 0 Å². The zero-order valence-electron chi connectivity index (χ0n) is 5.23. The molecule has 0 amide bonds.